The predicted octanol–water partition coefficient (Wildman–Crippen LogP) is 0.844. The molecule has 3 rings (SSSR count). The third-order valence-corrected chi connectivity index (χ3v) is 4.87. The Labute approximate surface area is 131 Å². The number of nitrogens with zero attached hydrogens (tertiary/aromatic N) is 4. The number of aliphatic hydroxyl groups is 2. The van der Waals surface area contributed by atoms with Crippen molar-refractivity contribution in [1.82, 2.24) is 9.97 Å². The highest BCUT2D eigenvalue weighted by Gasteiger charge is 2.46. The van der Waals surface area contributed by atoms with E-state index in [9.17, 15) is 10.2 Å². The Balaban J connectivity index is 1.91. The summed E-state index contributed by atoms with van der Waals surface area (Å²) < 4.78 is 0. The monoisotopic (exact) mass is 306 g/mol. The second-order valence-corrected chi connectivity index (χ2v) is 7.14. The van der Waals surface area contributed by atoms with E-state index in [2.05, 4.69) is 28.7 Å². The molecule has 2 fully saturated rings. The summed E-state index contributed by atoms with van der Waals surface area (Å²) in [6, 6.07) is 2.04. The Kier molecular flexibility index (Phi) is 3.99. The zero-order valence-corrected chi connectivity index (χ0v) is 13.8. The summed E-state index contributed by atoms with van der Waals surface area (Å²) in [5.74, 6) is 2.21. The molecular weight excluding hydrogens is 280 g/mol. The summed E-state index contributed by atoms with van der Waals surface area (Å²) in [6.45, 7) is 5.74. The molecule has 0 spiro atoms. The highest BCUT2D eigenvalue weighted by molar-refractivity contribution is 5.47. The number of piperidine rings is 1. The first-order valence-electron chi connectivity index (χ1n) is 8.04. The van der Waals surface area contributed by atoms with E-state index in [0.29, 0.717) is 11.9 Å². The maximum Gasteiger partial charge on any atom is 0.227 e. The Morgan fingerprint density at radius 3 is 2.23 bits per heavy atom. The lowest BCUT2D eigenvalue weighted by Crippen LogP contribution is -2.39. The van der Waals surface area contributed by atoms with Gasteiger partial charge in [0.25, 0.3) is 0 Å². The molecule has 1 aromatic rings. The van der Waals surface area contributed by atoms with Crippen LogP contribution in [0.2, 0.25) is 0 Å². The standard InChI is InChI=1S/C16H26N4O2/c1-9(2)12-6-13(18-16(17-12)19(3)4)20-7-10-5-11(8-20)15(22)14(10)21/h6,9-11,14-15,21-22H,5,7-8H2,1-4H3/t10-,11+,14+,15-. The van der Waals surface area contributed by atoms with E-state index in [4.69, 9.17) is 0 Å². The first-order chi connectivity index (χ1) is 10.4. The summed E-state index contributed by atoms with van der Waals surface area (Å²) in [5.41, 5.74) is 1.02. The van der Waals surface area contributed by atoms with Gasteiger partial charge in [-0.25, -0.2) is 4.98 Å². The van der Waals surface area contributed by atoms with Gasteiger partial charge in [0, 0.05) is 45.1 Å². The van der Waals surface area contributed by atoms with Crippen LogP contribution in [0.3, 0.4) is 0 Å². The van der Waals surface area contributed by atoms with E-state index in [1.165, 1.54) is 0 Å². The van der Waals surface area contributed by atoms with E-state index in [1.807, 2.05) is 25.1 Å². The van der Waals surface area contributed by atoms with Crippen LogP contribution in [-0.4, -0.2) is 59.6 Å². The number of fused-ring (bicyclic) bond motifs is 2. The van der Waals surface area contributed by atoms with E-state index in [0.717, 1.165) is 31.0 Å². The summed E-state index contributed by atoms with van der Waals surface area (Å²) in [7, 11) is 3.88. The highest BCUT2D eigenvalue weighted by Crippen LogP contribution is 2.38. The van der Waals surface area contributed by atoms with Crippen molar-refractivity contribution in [2.45, 2.75) is 38.4 Å². The maximum absolute atomic E-state index is 10.1. The van der Waals surface area contributed by atoms with Crippen LogP contribution >= 0.6 is 0 Å². The summed E-state index contributed by atoms with van der Waals surface area (Å²) in [5, 5.41) is 20.2. The van der Waals surface area contributed by atoms with Crippen molar-refractivity contribution < 1.29 is 10.2 Å². The van der Waals surface area contributed by atoms with Gasteiger partial charge < -0.3 is 20.0 Å². The topological polar surface area (TPSA) is 72.7 Å². The van der Waals surface area contributed by atoms with E-state index >= 15 is 0 Å². The Morgan fingerprint density at radius 1 is 1.14 bits per heavy atom. The predicted molar refractivity (Wildman–Crippen MR) is 86.3 cm³/mol. The first kappa shape index (κ1) is 15.5. The van der Waals surface area contributed by atoms with Gasteiger partial charge in [-0.3, -0.25) is 0 Å². The molecule has 1 saturated carbocycles. The van der Waals surface area contributed by atoms with Crippen LogP contribution < -0.4 is 9.80 Å². The van der Waals surface area contributed by atoms with Crippen molar-refractivity contribution in [2.75, 3.05) is 37.0 Å². The number of anilines is 2. The summed E-state index contributed by atoms with van der Waals surface area (Å²) in [4.78, 5) is 13.4. The van der Waals surface area contributed by atoms with Crippen LogP contribution in [0.5, 0.6) is 0 Å². The van der Waals surface area contributed by atoms with Crippen molar-refractivity contribution in [2.24, 2.45) is 11.8 Å². The van der Waals surface area contributed by atoms with Crippen LogP contribution in [0.1, 0.15) is 31.9 Å². The molecule has 0 radical (unpaired) electrons. The maximum atomic E-state index is 10.1. The van der Waals surface area contributed by atoms with E-state index < -0.39 is 12.2 Å². The van der Waals surface area contributed by atoms with Gasteiger partial charge in [0.2, 0.25) is 5.95 Å². The van der Waals surface area contributed by atoms with Crippen LogP contribution in [0.4, 0.5) is 11.8 Å². The lowest BCUT2D eigenvalue weighted by molar-refractivity contribution is 0.0130. The van der Waals surface area contributed by atoms with Crippen molar-refractivity contribution in [3.8, 4) is 0 Å². The van der Waals surface area contributed by atoms with Gasteiger partial charge in [-0.05, 0) is 12.3 Å². The van der Waals surface area contributed by atoms with E-state index in [1.54, 1.807) is 0 Å². The average Bonchev–Trinajstić information content (AvgIpc) is 2.69. The molecule has 2 aliphatic rings. The SMILES string of the molecule is CC(C)c1cc(N2C[C@@H]3C[C@H](C2)[C@H](O)[C@@H]3O)nc(N(C)C)n1. The fourth-order valence-electron chi connectivity index (χ4n) is 3.52. The second kappa shape index (κ2) is 5.66. The van der Waals surface area contributed by atoms with Gasteiger partial charge in [0.15, 0.2) is 0 Å². The fourth-order valence-corrected chi connectivity index (χ4v) is 3.52. The molecule has 122 valence electrons. The molecule has 6 nitrogen and oxygen atoms in total. The smallest absolute Gasteiger partial charge is 0.227 e. The van der Waals surface area contributed by atoms with E-state index in [-0.39, 0.29) is 11.8 Å². The van der Waals surface area contributed by atoms with Gasteiger partial charge in [0.1, 0.15) is 5.82 Å². The molecule has 1 aromatic heterocycles. The number of hydrogen-bond donors (Lipinski definition) is 2. The molecule has 0 aromatic carbocycles. The Morgan fingerprint density at radius 2 is 1.73 bits per heavy atom. The molecule has 6 heteroatoms. The number of aliphatic hydroxyl groups excluding tert-OH is 2. The Hall–Kier alpha value is -1.40. The highest BCUT2D eigenvalue weighted by atomic mass is 16.3. The van der Waals surface area contributed by atoms with Gasteiger partial charge in [-0.1, -0.05) is 13.8 Å². The van der Waals surface area contributed by atoms with Crippen LogP contribution in [0.25, 0.3) is 0 Å². The van der Waals surface area contributed by atoms with Crippen molar-refractivity contribution >= 4 is 11.8 Å². The lowest BCUT2D eigenvalue weighted by Gasteiger charge is -2.33. The van der Waals surface area contributed by atoms with Crippen LogP contribution in [-0.2, 0) is 0 Å². The van der Waals surface area contributed by atoms with Crippen molar-refractivity contribution in [3.63, 3.8) is 0 Å². The lowest BCUT2D eigenvalue weighted by atomic mass is 9.98. The number of rotatable bonds is 3. The van der Waals surface area contributed by atoms with Gasteiger partial charge in [-0.2, -0.15) is 4.98 Å². The van der Waals surface area contributed by atoms with Gasteiger partial charge >= 0.3 is 0 Å². The molecule has 0 amide bonds. The minimum absolute atomic E-state index is 0.133. The first-order valence-corrected chi connectivity index (χ1v) is 8.04. The third kappa shape index (κ3) is 2.65. The molecule has 0 unspecified atom stereocenters. The van der Waals surface area contributed by atoms with Crippen molar-refractivity contribution in [1.29, 1.82) is 0 Å². The molecule has 2 bridgehead atoms. The van der Waals surface area contributed by atoms with Crippen LogP contribution in [0, 0.1) is 11.8 Å². The molecule has 22 heavy (non-hydrogen) atoms. The normalized spacial score (nSPS) is 31.0. The zero-order chi connectivity index (χ0) is 16.0. The van der Waals surface area contributed by atoms with Crippen LogP contribution in [0.15, 0.2) is 6.07 Å². The van der Waals surface area contributed by atoms with Gasteiger partial charge in [0.05, 0.1) is 17.9 Å². The minimum atomic E-state index is -0.602. The Bertz CT molecular complexity index is 507. The molecule has 1 saturated heterocycles. The summed E-state index contributed by atoms with van der Waals surface area (Å²) in [6.07, 6.45) is -0.300. The number of hydrogen-bond acceptors (Lipinski definition) is 6. The molecule has 4 atom stereocenters. The molecule has 2 heterocycles. The molecule has 1 aliphatic carbocycles. The minimum Gasteiger partial charge on any atom is -0.390 e. The zero-order valence-electron chi connectivity index (χ0n) is 13.8. The average molecular weight is 306 g/mol. The third-order valence-electron chi connectivity index (χ3n) is 4.87. The molecule has 1 aliphatic heterocycles. The molecule has 2 N–H and O–H groups in total. The number of aromatic nitrogens is 2. The fraction of sp³-hybridized carbons (Fsp3) is 0.750. The molecular formula is C16H26N4O2. The quantitative estimate of drug-likeness (QED) is 0.862. The van der Waals surface area contributed by atoms with Gasteiger partial charge in [-0.15, -0.1) is 0 Å². The largest absolute Gasteiger partial charge is 0.390 e. The van der Waals surface area contributed by atoms with Crippen molar-refractivity contribution in [3.05, 3.63) is 11.8 Å². The second-order valence-electron chi connectivity index (χ2n) is 7.14. The summed E-state index contributed by atoms with van der Waals surface area (Å²) >= 11 is 0.